The number of halogens is 1. The quantitative estimate of drug-likeness (QED) is 0.247. The van der Waals surface area contributed by atoms with Gasteiger partial charge in [0.25, 0.3) is 10.0 Å². The molecule has 1 atom stereocenters. The molecule has 8 nitrogen and oxygen atoms in total. The number of anilines is 1. The first-order chi connectivity index (χ1) is 20.2. The van der Waals surface area contributed by atoms with Gasteiger partial charge in [0.1, 0.15) is 18.3 Å². The maximum absolute atomic E-state index is 14.3. The average Bonchev–Trinajstić information content (AvgIpc) is 3.02. The van der Waals surface area contributed by atoms with Crippen molar-refractivity contribution < 1.29 is 22.7 Å². The van der Waals surface area contributed by atoms with Gasteiger partial charge in [-0.15, -0.1) is 0 Å². The van der Waals surface area contributed by atoms with Crippen molar-refractivity contribution in [1.82, 2.24) is 10.2 Å². The van der Waals surface area contributed by atoms with Gasteiger partial charge >= 0.3 is 0 Å². The highest BCUT2D eigenvalue weighted by Crippen LogP contribution is 2.27. The van der Waals surface area contributed by atoms with Crippen molar-refractivity contribution in [3.05, 3.63) is 125 Å². The molecule has 0 heterocycles. The average molecular weight is 606 g/mol. The topological polar surface area (TPSA) is 96.0 Å². The molecule has 10 heteroatoms. The smallest absolute Gasteiger partial charge is 0.264 e. The van der Waals surface area contributed by atoms with Gasteiger partial charge in [0.05, 0.1) is 17.7 Å². The lowest BCUT2D eigenvalue weighted by molar-refractivity contribution is -0.139. The third-order valence-electron chi connectivity index (χ3n) is 6.71. The lowest BCUT2D eigenvalue weighted by Gasteiger charge is -2.33. The zero-order valence-corrected chi connectivity index (χ0v) is 24.9. The SMILES string of the molecule is CNC(=O)[C@@H](Cc1ccccc1)N(Cc1cccc(OC)c1)C(=O)CN(c1cccc(Cl)c1)S(=O)(=O)c1ccccc1. The molecule has 0 saturated heterocycles. The Morgan fingerprint density at radius 3 is 2.14 bits per heavy atom. The normalized spacial score (nSPS) is 11.8. The zero-order chi connectivity index (χ0) is 30.1. The highest BCUT2D eigenvalue weighted by Gasteiger charge is 2.34. The zero-order valence-electron chi connectivity index (χ0n) is 23.3. The predicted molar refractivity (Wildman–Crippen MR) is 164 cm³/mol. The van der Waals surface area contributed by atoms with Crippen LogP contribution in [0.5, 0.6) is 5.75 Å². The molecule has 0 spiro atoms. The minimum absolute atomic E-state index is 0.0178. The van der Waals surface area contributed by atoms with Crippen LogP contribution in [0, 0.1) is 0 Å². The standard InChI is InChI=1S/C32H32ClN3O5S/c1-34-32(38)30(20-24-11-5-3-6-12-24)35(22-25-13-9-16-28(19-25)41-2)31(37)23-36(27-15-10-14-26(33)21-27)42(39,40)29-17-7-4-8-18-29/h3-19,21,30H,20,22-23H2,1-2H3,(H,34,38)/t30-/m1/s1. The molecule has 2 amide bonds. The Balaban J connectivity index is 1.79. The van der Waals surface area contributed by atoms with E-state index in [9.17, 15) is 18.0 Å². The van der Waals surface area contributed by atoms with Crippen molar-refractivity contribution in [3.8, 4) is 5.75 Å². The van der Waals surface area contributed by atoms with Crippen molar-refractivity contribution in [2.24, 2.45) is 0 Å². The number of benzene rings is 4. The van der Waals surface area contributed by atoms with E-state index in [1.165, 1.54) is 30.1 Å². The van der Waals surface area contributed by atoms with Crippen LogP contribution in [-0.4, -0.2) is 51.9 Å². The molecule has 1 N–H and O–H groups in total. The van der Waals surface area contributed by atoms with E-state index in [0.29, 0.717) is 16.3 Å². The van der Waals surface area contributed by atoms with E-state index in [1.54, 1.807) is 61.7 Å². The van der Waals surface area contributed by atoms with Crippen LogP contribution in [0.1, 0.15) is 11.1 Å². The summed E-state index contributed by atoms with van der Waals surface area (Å²) in [6.07, 6.45) is 0.221. The second-order valence-corrected chi connectivity index (χ2v) is 11.8. The lowest BCUT2D eigenvalue weighted by atomic mass is 10.0. The van der Waals surface area contributed by atoms with Gasteiger partial charge in [0.15, 0.2) is 0 Å². The number of amides is 2. The number of likely N-dealkylation sites (N-methyl/N-ethyl adjacent to an activating group) is 1. The summed E-state index contributed by atoms with van der Waals surface area (Å²) in [4.78, 5) is 29.0. The van der Waals surface area contributed by atoms with E-state index in [0.717, 1.165) is 9.87 Å². The van der Waals surface area contributed by atoms with Crippen molar-refractivity contribution >= 4 is 39.1 Å². The molecule has 4 aromatic rings. The summed E-state index contributed by atoms with van der Waals surface area (Å²) >= 11 is 6.24. The number of nitrogens with one attached hydrogen (secondary N) is 1. The Morgan fingerprint density at radius 1 is 0.857 bits per heavy atom. The number of nitrogens with zero attached hydrogens (tertiary/aromatic N) is 2. The van der Waals surface area contributed by atoms with Crippen molar-refractivity contribution in [2.75, 3.05) is 25.0 Å². The van der Waals surface area contributed by atoms with Crippen molar-refractivity contribution in [2.45, 2.75) is 23.9 Å². The van der Waals surface area contributed by atoms with Crippen LogP contribution in [0.15, 0.2) is 114 Å². The number of methoxy groups -OCH3 is 1. The van der Waals surface area contributed by atoms with Gasteiger partial charge < -0.3 is 15.0 Å². The van der Waals surface area contributed by atoms with Gasteiger partial charge in [-0.25, -0.2) is 8.42 Å². The third-order valence-corrected chi connectivity index (χ3v) is 8.73. The Morgan fingerprint density at radius 2 is 1.50 bits per heavy atom. The second kappa shape index (κ2) is 14.0. The summed E-state index contributed by atoms with van der Waals surface area (Å²) in [5.41, 5.74) is 1.78. The van der Waals surface area contributed by atoms with Crippen molar-refractivity contribution in [1.29, 1.82) is 0 Å². The first-order valence-electron chi connectivity index (χ1n) is 13.2. The molecule has 0 aromatic heterocycles. The molecule has 0 aliphatic heterocycles. The van der Waals surface area contributed by atoms with Gasteiger partial charge in [0.2, 0.25) is 11.8 Å². The summed E-state index contributed by atoms with van der Waals surface area (Å²) in [6.45, 7) is -0.528. The molecule has 0 unspecified atom stereocenters. The fraction of sp³-hybridized carbons (Fsp3) is 0.188. The molecule has 218 valence electrons. The lowest BCUT2D eigenvalue weighted by Crippen LogP contribution is -2.53. The van der Waals surface area contributed by atoms with Crippen LogP contribution in [-0.2, 0) is 32.6 Å². The Bertz CT molecular complexity index is 1620. The van der Waals surface area contributed by atoms with Gasteiger partial charge in [0, 0.05) is 25.0 Å². The number of rotatable bonds is 12. The highest BCUT2D eigenvalue weighted by atomic mass is 35.5. The van der Waals surface area contributed by atoms with E-state index < -0.39 is 28.5 Å². The van der Waals surface area contributed by atoms with Gasteiger partial charge in [-0.1, -0.05) is 78.3 Å². The van der Waals surface area contributed by atoms with E-state index in [-0.39, 0.29) is 29.5 Å². The van der Waals surface area contributed by atoms with Crippen LogP contribution in [0.3, 0.4) is 0 Å². The molecular weight excluding hydrogens is 574 g/mol. The fourth-order valence-corrected chi connectivity index (χ4v) is 6.18. The largest absolute Gasteiger partial charge is 0.497 e. The highest BCUT2D eigenvalue weighted by molar-refractivity contribution is 7.92. The molecule has 0 fully saturated rings. The van der Waals surface area contributed by atoms with E-state index in [4.69, 9.17) is 16.3 Å². The number of hydrogen-bond donors (Lipinski definition) is 1. The molecule has 0 bridgehead atoms. The molecule has 42 heavy (non-hydrogen) atoms. The minimum atomic E-state index is -4.19. The number of ether oxygens (including phenoxy) is 1. The van der Waals surface area contributed by atoms with Crippen LogP contribution in [0.4, 0.5) is 5.69 Å². The first kappa shape index (κ1) is 30.6. The van der Waals surface area contributed by atoms with Crippen LogP contribution in [0.2, 0.25) is 5.02 Å². The predicted octanol–water partition coefficient (Wildman–Crippen LogP) is 4.93. The summed E-state index contributed by atoms with van der Waals surface area (Å²) in [7, 11) is -1.14. The number of carbonyl (C=O) groups is 2. The second-order valence-electron chi connectivity index (χ2n) is 9.50. The van der Waals surface area contributed by atoms with Gasteiger partial charge in [-0.3, -0.25) is 13.9 Å². The third kappa shape index (κ3) is 7.48. The summed E-state index contributed by atoms with van der Waals surface area (Å²) in [6, 6.07) is 29.8. The fourth-order valence-electron chi connectivity index (χ4n) is 4.57. The number of sulfonamides is 1. The van der Waals surface area contributed by atoms with E-state index in [2.05, 4.69) is 5.32 Å². The van der Waals surface area contributed by atoms with Crippen LogP contribution in [0.25, 0.3) is 0 Å². The monoisotopic (exact) mass is 605 g/mol. The Kier molecular flexibility index (Phi) is 10.2. The van der Waals surface area contributed by atoms with Crippen molar-refractivity contribution in [3.63, 3.8) is 0 Å². The summed E-state index contributed by atoms with van der Waals surface area (Å²) in [5.74, 6) is -0.358. The maximum atomic E-state index is 14.3. The van der Waals surface area contributed by atoms with E-state index in [1.807, 2.05) is 36.4 Å². The molecule has 4 rings (SSSR count). The van der Waals surface area contributed by atoms with E-state index >= 15 is 0 Å². The Labute approximate surface area is 251 Å². The molecule has 4 aromatic carbocycles. The summed E-state index contributed by atoms with van der Waals surface area (Å²) < 4.78 is 34.2. The van der Waals surface area contributed by atoms with Crippen LogP contribution >= 0.6 is 11.6 Å². The number of carbonyl (C=O) groups excluding carboxylic acids is 2. The Hall–Kier alpha value is -4.34. The molecule has 0 aliphatic carbocycles. The number of hydrogen-bond acceptors (Lipinski definition) is 5. The molecule has 0 aliphatic rings. The molecule has 0 radical (unpaired) electrons. The van der Waals surface area contributed by atoms with Crippen LogP contribution < -0.4 is 14.4 Å². The molecule has 0 saturated carbocycles. The maximum Gasteiger partial charge on any atom is 0.264 e. The minimum Gasteiger partial charge on any atom is -0.497 e. The van der Waals surface area contributed by atoms with Gasteiger partial charge in [-0.05, 0) is 53.6 Å². The van der Waals surface area contributed by atoms with Gasteiger partial charge in [-0.2, -0.15) is 0 Å². The molecular formula is C32H32ClN3O5S. The first-order valence-corrected chi connectivity index (χ1v) is 15.1. The summed E-state index contributed by atoms with van der Waals surface area (Å²) in [5, 5.41) is 2.98.